The van der Waals surface area contributed by atoms with E-state index in [2.05, 4.69) is 6.92 Å². The zero-order valence-corrected chi connectivity index (χ0v) is 20.6. The standard InChI is InChI=1S/C27H35FN2O2S/c1-27(14-6-3-7-15-27)26(32)30-16-12-20(13-17-30)23(19-21-9-4-5-10-22(21)28)29(2)25(31)24-11-8-18-33-24/h4-5,8-11,18,20,23H,3,6-7,12-17,19H2,1-2H3. The summed E-state index contributed by atoms with van der Waals surface area (Å²) in [7, 11) is 1.84. The molecular weight excluding hydrogens is 435 g/mol. The molecule has 4 rings (SSSR count). The van der Waals surface area contributed by atoms with Crippen LogP contribution in [0.2, 0.25) is 0 Å². The van der Waals surface area contributed by atoms with E-state index < -0.39 is 0 Å². The fraction of sp³-hybridized carbons (Fsp3) is 0.556. The minimum Gasteiger partial charge on any atom is -0.342 e. The summed E-state index contributed by atoms with van der Waals surface area (Å²) in [6.07, 6.45) is 7.63. The van der Waals surface area contributed by atoms with Crippen LogP contribution >= 0.6 is 11.3 Å². The molecule has 1 aliphatic heterocycles. The van der Waals surface area contributed by atoms with Gasteiger partial charge in [-0.15, -0.1) is 11.3 Å². The van der Waals surface area contributed by atoms with Gasteiger partial charge in [0, 0.05) is 31.6 Å². The predicted molar refractivity (Wildman–Crippen MR) is 131 cm³/mol. The lowest BCUT2D eigenvalue weighted by Crippen LogP contribution is -2.51. The van der Waals surface area contributed by atoms with E-state index in [0.29, 0.717) is 35.9 Å². The molecule has 1 atom stereocenters. The molecule has 1 unspecified atom stereocenters. The smallest absolute Gasteiger partial charge is 0.263 e. The Morgan fingerprint density at radius 3 is 2.45 bits per heavy atom. The fourth-order valence-corrected chi connectivity index (χ4v) is 6.35. The number of likely N-dealkylation sites (tertiary alicyclic amines) is 1. The first-order valence-electron chi connectivity index (χ1n) is 12.2. The highest BCUT2D eigenvalue weighted by Gasteiger charge is 2.40. The molecule has 2 fully saturated rings. The highest BCUT2D eigenvalue weighted by atomic mass is 32.1. The van der Waals surface area contributed by atoms with Crippen LogP contribution in [0.5, 0.6) is 0 Å². The van der Waals surface area contributed by atoms with E-state index in [1.807, 2.05) is 46.5 Å². The highest BCUT2D eigenvalue weighted by molar-refractivity contribution is 7.12. The van der Waals surface area contributed by atoms with Crippen molar-refractivity contribution in [1.29, 1.82) is 0 Å². The summed E-state index contributed by atoms with van der Waals surface area (Å²) in [4.78, 5) is 31.0. The Morgan fingerprint density at radius 1 is 1.12 bits per heavy atom. The van der Waals surface area contributed by atoms with Crippen LogP contribution in [0.15, 0.2) is 41.8 Å². The van der Waals surface area contributed by atoms with Crippen molar-refractivity contribution in [2.45, 2.75) is 64.3 Å². The van der Waals surface area contributed by atoms with Crippen LogP contribution in [0.3, 0.4) is 0 Å². The van der Waals surface area contributed by atoms with Crippen molar-refractivity contribution < 1.29 is 14.0 Å². The molecule has 0 bridgehead atoms. The third-order valence-corrected chi connectivity index (χ3v) is 8.64. The number of nitrogens with zero attached hydrogens (tertiary/aromatic N) is 2. The second-order valence-electron chi connectivity index (χ2n) is 10.0. The van der Waals surface area contributed by atoms with Gasteiger partial charge in [0.25, 0.3) is 5.91 Å². The predicted octanol–water partition coefficient (Wildman–Crippen LogP) is 5.78. The number of likely N-dealkylation sites (N-methyl/N-ethyl adjacent to an activating group) is 1. The highest BCUT2D eigenvalue weighted by Crippen LogP contribution is 2.39. The topological polar surface area (TPSA) is 40.6 Å². The average molecular weight is 471 g/mol. The number of hydrogen-bond donors (Lipinski definition) is 0. The van der Waals surface area contributed by atoms with E-state index in [1.165, 1.54) is 23.8 Å². The van der Waals surface area contributed by atoms with E-state index in [9.17, 15) is 14.0 Å². The maximum atomic E-state index is 14.5. The van der Waals surface area contributed by atoms with Crippen LogP contribution < -0.4 is 0 Å². The molecule has 2 aliphatic rings. The van der Waals surface area contributed by atoms with Crippen LogP contribution in [0.25, 0.3) is 0 Å². The zero-order chi connectivity index (χ0) is 23.4. The van der Waals surface area contributed by atoms with Gasteiger partial charge in [-0.3, -0.25) is 9.59 Å². The zero-order valence-electron chi connectivity index (χ0n) is 19.8. The number of halogens is 1. The number of benzene rings is 1. The first kappa shape index (κ1) is 23.9. The van der Waals surface area contributed by atoms with Gasteiger partial charge in [0.05, 0.1) is 4.88 Å². The van der Waals surface area contributed by atoms with Gasteiger partial charge < -0.3 is 9.80 Å². The summed E-state index contributed by atoms with van der Waals surface area (Å²) in [5.41, 5.74) is 0.422. The number of carbonyl (C=O) groups excluding carboxylic acids is 2. The molecule has 2 heterocycles. The van der Waals surface area contributed by atoms with Crippen molar-refractivity contribution in [2.24, 2.45) is 11.3 Å². The number of thiophene rings is 1. The number of rotatable bonds is 6. The Morgan fingerprint density at radius 2 is 1.82 bits per heavy atom. The molecule has 4 nitrogen and oxygen atoms in total. The summed E-state index contributed by atoms with van der Waals surface area (Å²) in [6, 6.07) is 10.5. The minimum atomic E-state index is -0.225. The van der Waals surface area contributed by atoms with Gasteiger partial charge in [-0.2, -0.15) is 0 Å². The van der Waals surface area contributed by atoms with Gasteiger partial charge >= 0.3 is 0 Å². The first-order chi connectivity index (χ1) is 15.9. The average Bonchev–Trinajstić information content (AvgIpc) is 3.38. The molecule has 0 radical (unpaired) electrons. The molecule has 1 saturated heterocycles. The lowest BCUT2D eigenvalue weighted by Gasteiger charge is -2.43. The Labute approximate surface area is 200 Å². The second kappa shape index (κ2) is 10.4. The van der Waals surface area contributed by atoms with Crippen molar-refractivity contribution in [3.05, 3.63) is 58.0 Å². The molecule has 1 aromatic heterocycles. The molecule has 6 heteroatoms. The van der Waals surface area contributed by atoms with Crippen LogP contribution in [0.1, 0.15) is 67.1 Å². The summed E-state index contributed by atoms with van der Waals surface area (Å²) in [5, 5.41) is 1.91. The van der Waals surface area contributed by atoms with Crippen molar-refractivity contribution in [1.82, 2.24) is 9.80 Å². The van der Waals surface area contributed by atoms with Gasteiger partial charge in [0.2, 0.25) is 5.91 Å². The number of carbonyl (C=O) groups is 2. The Kier molecular flexibility index (Phi) is 7.52. The molecule has 1 saturated carbocycles. The molecule has 0 spiro atoms. The maximum absolute atomic E-state index is 14.5. The molecular formula is C27H35FN2O2S. The van der Waals surface area contributed by atoms with Crippen LogP contribution in [0.4, 0.5) is 4.39 Å². The molecule has 1 aliphatic carbocycles. The fourth-order valence-electron chi connectivity index (χ4n) is 5.65. The van der Waals surface area contributed by atoms with E-state index in [1.54, 1.807) is 6.07 Å². The molecule has 33 heavy (non-hydrogen) atoms. The van der Waals surface area contributed by atoms with Crippen LogP contribution in [-0.4, -0.2) is 47.8 Å². The second-order valence-corrected chi connectivity index (χ2v) is 11.0. The monoisotopic (exact) mass is 470 g/mol. The molecule has 2 amide bonds. The largest absolute Gasteiger partial charge is 0.342 e. The third-order valence-electron chi connectivity index (χ3n) is 7.78. The van der Waals surface area contributed by atoms with Crippen molar-refractivity contribution in [2.75, 3.05) is 20.1 Å². The molecule has 178 valence electrons. The van der Waals surface area contributed by atoms with Gasteiger partial charge in [-0.1, -0.05) is 50.5 Å². The van der Waals surface area contributed by atoms with Crippen molar-refractivity contribution >= 4 is 23.2 Å². The number of amides is 2. The summed E-state index contributed by atoms with van der Waals surface area (Å²) in [6.45, 7) is 3.57. The van der Waals surface area contributed by atoms with E-state index in [4.69, 9.17) is 0 Å². The van der Waals surface area contributed by atoms with Gasteiger partial charge in [0.15, 0.2) is 0 Å². The quantitative estimate of drug-likeness (QED) is 0.537. The summed E-state index contributed by atoms with van der Waals surface area (Å²) < 4.78 is 14.5. The van der Waals surface area contributed by atoms with Crippen LogP contribution in [-0.2, 0) is 11.2 Å². The van der Waals surface area contributed by atoms with Crippen molar-refractivity contribution in [3.8, 4) is 0 Å². The minimum absolute atomic E-state index is 0.0143. The third kappa shape index (κ3) is 5.32. The number of hydrogen-bond acceptors (Lipinski definition) is 3. The first-order valence-corrected chi connectivity index (χ1v) is 13.1. The van der Waals surface area contributed by atoms with Gasteiger partial charge in [-0.25, -0.2) is 4.39 Å². The lowest BCUT2D eigenvalue weighted by atomic mass is 9.74. The Balaban J connectivity index is 1.48. The summed E-state index contributed by atoms with van der Waals surface area (Å²) >= 11 is 1.43. The van der Waals surface area contributed by atoms with E-state index in [0.717, 1.165) is 38.5 Å². The molecule has 0 N–H and O–H groups in total. The Hall–Kier alpha value is -2.21. The number of piperidine rings is 1. The normalized spacial score (nSPS) is 19.8. The van der Waals surface area contributed by atoms with Gasteiger partial charge in [0.1, 0.15) is 5.82 Å². The van der Waals surface area contributed by atoms with E-state index >= 15 is 0 Å². The molecule has 1 aromatic carbocycles. The lowest BCUT2D eigenvalue weighted by molar-refractivity contribution is -0.144. The van der Waals surface area contributed by atoms with Crippen molar-refractivity contribution in [3.63, 3.8) is 0 Å². The van der Waals surface area contributed by atoms with Crippen LogP contribution in [0, 0.1) is 17.2 Å². The Bertz CT molecular complexity index is 947. The summed E-state index contributed by atoms with van der Waals surface area (Å²) in [5.74, 6) is 0.285. The molecule has 2 aromatic rings. The van der Waals surface area contributed by atoms with E-state index in [-0.39, 0.29) is 29.1 Å². The SMILES string of the molecule is CN(C(=O)c1cccs1)C(Cc1ccccc1F)C1CCN(C(=O)C2(C)CCCCC2)CC1. The van der Waals surface area contributed by atoms with Gasteiger partial charge in [-0.05, 0) is 61.1 Å². The maximum Gasteiger partial charge on any atom is 0.263 e.